The number of hydrogen-bond acceptors (Lipinski definition) is 4. The summed E-state index contributed by atoms with van der Waals surface area (Å²) >= 11 is 4.36. The van der Waals surface area contributed by atoms with Crippen LogP contribution in [-0.2, 0) is 4.79 Å². The van der Waals surface area contributed by atoms with Gasteiger partial charge in [0.2, 0.25) is 0 Å². The van der Waals surface area contributed by atoms with Crippen LogP contribution in [0.4, 0.5) is 0 Å². The predicted molar refractivity (Wildman–Crippen MR) is 112 cm³/mol. The molecule has 27 heavy (non-hydrogen) atoms. The summed E-state index contributed by atoms with van der Waals surface area (Å²) in [4.78, 5) is 23.0. The topological polar surface area (TPSA) is 75.6 Å². The van der Waals surface area contributed by atoms with E-state index >= 15 is 0 Å². The number of carboxylic acids is 1. The van der Waals surface area contributed by atoms with Crippen LogP contribution in [0.2, 0.25) is 0 Å². The zero-order valence-corrected chi connectivity index (χ0v) is 17.3. The molecule has 1 atom stereocenters. The van der Waals surface area contributed by atoms with E-state index in [1.807, 2.05) is 26.0 Å². The molecule has 0 aromatic heterocycles. The van der Waals surface area contributed by atoms with Gasteiger partial charge < -0.3 is 15.2 Å². The van der Waals surface area contributed by atoms with Gasteiger partial charge in [-0.05, 0) is 48.1 Å². The summed E-state index contributed by atoms with van der Waals surface area (Å²) < 4.78 is 5.77. The van der Waals surface area contributed by atoms with Gasteiger partial charge in [-0.2, -0.15) is 12.6 Å². The van der Waals surface area contributed by atoms with Crippen LogP contribution in [-0.4, -0.2) is 35.9 Å². The van der Waals surface area contributed by atoms with Gasteiger partial charge in [0.05, 0.1) is 6.61 Å². The van der Waals surface area contributed by atoms with Crippen molar-refractivity contribution < 1.29 is 19.4 Å². The predicted octanol–water partition coefficient (Wildman–Crippen LogP) is 4.30. The molecule has 1 rings (SSSR count). The van der Waals surface area contributed by atoms with E-state index in [0.717, 1.165) is 30.6 Å². The lowest BCUT2D eigenvalue weighted by atomic mass is 9.96. The summed E-state index contributed by atoms with van der Waals surface area (Å²) in [6.07, 6.45) is 7.35. The Hall–Kier alpha value is -1.95. The standard InChI is InChI=1S/C21H31NO4S/c1-4-7-16(14-27)8-5-6-11-26-17-9-10-18(15(2)3)19(12-17)21(25)22-13-20(23)24/h5,8-10,12,15-16,27H,4,6-7,11,13-14H2,1-3H3,(H,22,25)(H,23,24)/b8-5+. The first kappa shape index (κ1) is 23.1. The highest BCUT2D eigenvalue weighted by atomic mass is 32.1. The fourth-order valence-corrected chi connectivity index (χ4v) is 3.03. The highest BCUT2D eigenvalue weighted by Crippen LogP contribution is 2.24. The third-order valence-corrected chi connectivity index (χ3v) is 4.62. The van der Waals surface area contributed by atoms with Gasteiger partial charge in [-0.3, -0.25) is 9.59 Å². The number of carbonyl (C=O) groups excluding carboxylic acids is 1. The van der Waals surface area contributed by atoms with Gasteiger partial charge in [-0.15, -0.1) is 0 Å². The quantitative estimate of drug-likeness (QED) is 0.281. The number of amides is 1. The van der Waals surface area contributed by atoms with E-state index in [1.54, 1.807) is 6.07 Å². The van der Waals surface area contributed by atoms with Gasteiger partial charge in [0.25, 0.3) is 5.91 Å². The molecule has 5 nitrogen and oxygen atoms in total. The minimum Gasteiger partial charge on any atom is -0.493 e. The zero-order valence-electron chi connectivity index (χ0n) is 16.4. The molecule has 6 heteroatoms. The van der Waals surface area contributed by atoms with Crippen molar-refractivity contribution in [2.45, 2.75) is 46.0 Å². The fourth-order valence-electron chi connectivity index (χ4n) is 2.73. The molecule has 0 heterocycles. The van der Waals surface area contributed by atoms with Crippen molar-refractivity contribution in [2.24, 2.45) is 5.92 Å². The Balaban J connectivity index is 2.71. The van der Waals surface area contributed by atoms with E-state index < -0.39 is 18.4 Å². The maximum Gasteiger partial charge on any atom is 0.322 e. The van der Waals surface area contributed by atoms with E-state index in [4.69, 9.17) is 9.84 Å². The number of carboxylic acid groups (broad SMARTS) is 1. The van der Waals surface area contributed by atoms with Crippen LogP contribution >= 0.6 is 12.6 Å². The first-order valence-electron chi connectivity index (χ1n) is 9.43. The van der Waals surface area contributed by atoms with Crippen LogP contribution in [0, 0.1) is 5.92 Å². The van der Waals surface area contributed by atoms with Crippen LogP contribution in [0.3, 0.4) is 0 Å². The summed E-state index contributed by atoms with van der Waals surface area (Å²) in [6, 6.07) is 5.40. The van der Waals surface area contributed by atoms with Crippen LogP contribution < -0.4 is 10.1 Å². The second-order valence-electron chi connectivity index (χ2n) is 6.78. The minimum atomic E-state index is -1.07. The van der Waals surface area contributed by atoms with Crippen LogP contribution in [0.5, 0.6) is 5.75 Å². The third-order valence-electron chi connectivity index (χ3n) is 4.15. The summed E-state index contributed by atoms with van der Waals surface area (Å²) in [5.41, 5.74) is 1.32. The molecule has 0 aliphatic rings. The van der Waals surface area contributed by atoms with Gasteiger partial charge in [-0.25, -0.2) is 0 Å². The molecule has 0 saturated heterocycles. The molecule has 2 N–H and O–H groups in total. The molecule has 0 spiro atoms. The summed E-state index contributed by atoms with van der Waals surface area (Å²) in [5, 5.41) is 11.2. The first-order chi connectivity index (χ1) is 12.9. The van der Waals surface area contributed by atoms with Gasteiger partial charge in [0, 0.05) is 5.56 Å². The van der Waals surface area contributed by atoms with Crippen molar-refractivity contribution in [2.75, 3.05) is 18.9 Å². The van der Waals surface area contributed by atoms with E-state index in [1.165, 1.54) is 0 Å². The number of thiol groups is 1. The van der Waals surface area contributed by atoms with Crippen LogP contribution in [0.25, 0.3) is 0 Å². The Morgan fingerprint density at radius 1 is 1.33 bits per heavy atom. The molecule has 1 amide bonds. The zero-order chi connectivity index (χ0) is 20.2. The first-order valence-corrected chi connectivity index (χ1v) is 10.1. The normalized spacial score (nSPS) is 12.3. The van der Waals surface area contributed by atoms with Gasteiger partial charge >= 0.3 is 5.97 Å². The van der Waals surface area contributed by atoms with E-state index in [2.05, 4.69) is 37.0 Å². The average Bonchev–Trinajstić information content (AvgIpc) is 2.64. The molecule has 1 aromatic carbocycles. The number of hydrogen-bond donors (Lipinski definition) is 3. The largest absolute Gasteiger partial charge is 0.493 e. The van der Waals surface area contributed by atoms with Crippen molar-refractivity contribution in [3.63, 3.8) is 0 Å². The van der Waals surface area contributed by atoms with Gasteiger partial charge in [0.1, 0.15) is 12.3 Å². The Kier molecular flexibility index (Phi) is 10.6. The summed E-state index contributed by atoms with van der Waals surface area (Å²) in [7, 11) is 0. The molecule has 0 radical (unpaired) electrons. The molecule has 150 valence electrons. The molecule has 1 unspecified atom stereocenters. The Bertz CT molecular complexity index is 643. The number of aliphatic carboxylic acids is 1. The summed E-state index contributed by atoms with van der Waals surface area (Å²) in [6.45, 7) is 6.25. The highest BCUT2D eigenvalue weighted by molar-refractivity contribution is 7.80. The minimum absolute atomic E-state index is 0.143. The van der Waals surface area contributed by atoms with Gasteiger partial charge in [-0.1, -0.05) is 45.4 Å². The number of carbonyl (C=O) groups is 2. The molecule has 0 fully saturated rings. The fraction of sp³-hybridized carbons (Fsp3) is 0.524. The van der Waals surface area contributed by atoms with E-state index in [-0.39, 0.29) is 5.92 Å². The molecule has 0 bridgehead atoms. The van der Waals surface area contributed by atoms with Gasteiger partial charge in [0.15, 0.2) is 0 Å². The average molecular weight is 394 g/mol. The highest BCUT2D eigenvalue weighted by Gasteiger charge is 2.15. The second kappa shape index (κ2) is 12.4. The molecular weight excluding hydrogens is 362 g/mol. The monoisotopic (exact) mass is 393 g/mol. The van der Waals surface area contributed by atoms with E-state index in [9.17, 15) is 9.59 Å². The van der Waals surface area contributed by atoms with Crippen LogP contribution in [0.15, 0.2) is 30.4 Å². The maximum atomic E-state index is 12.3. The number of nitrogens with one attached hydrogen (secondary N) is 1. The lowest BCUT2D eigenvalue weighted by Gasteiger charge is -2.14. The number of benzene rings is 1. The van der Waals surface area contributed by atoms with Crippen molar-refractivity contribution in [1.29, 1.82) is 0 Å². The SMILES string of the molecule is CCCC(/C=C/CCOc1ccc(C(C)C)c(C(=O)NCC(=O)O)c1)CS. The van der Waals surface area contributed by atoms with Crippen molar-refractivity contribution in [1.82, 2.24) is 5.32 Å². The molecule has 1 aromatic rings. The van der Waals surface area contributed by atoms with E-state index in [0.29, 0.717) is 23.8 Å². The summed E-state index contributed by atoms with van der Waals surface area (Å²) in [5.74, 6) is 0.611. The lowest BCUT2D eigenvalue weighted by molar-refractivity contribution is -0.135. The molecule has 0 saturated carbocycles. The third kappa shape index (κ3) is 8.52. The smallest absolute Gasteiger partial charge is 0.322 e. The molecule has 0 aliphatic heterocycles. The lowest BCUT2D eigenvalue weighted by Crippen LogP contribution is -2.30. The second-order valence-corrected chi connectivity index (χ2v) is 7.14. The van der Waals surface area contributed by atoms with Crippen molar-refractivity contribution in [3.8, 4) is 5.75 Å². The van der Waals surface area contributed by atoms with Crippen molar-refractivity contribution >= 4 is 24.5 Å². The molecule has 0 aliphatic carbocycles. The Labute approximate surface area is 167 Å². The molecular formula is C21H31NO4S. The van der Waals surface area contributed by atoms with Crippen molar-refractivity contribution in [3.05, 3.63) is 41.5 Å². The Morgan fingerprint density at radius 3 is 2.67 bits per heavy atom. The maximum absolute atomic E-state index is 12.3. The van der Waals surface area contributed by atoms with Crippen LogP contribution in [0.1, 0.15) is 61.9 Å². The number of rotatable bonds is 12. The number of ether oxygens (including phenoxy) is 1. The number of allylic oxidation sites excluding steroid dienone is 1. The Morgan fingerprint density at radius 2 is 2.07 bits per heavy atom.